The quantitative estimate of drug-likeness (QED) is 0.397. The van der Waals surface area contributed by atoms with E-state index >= 15 is 0 Å². The van der Waals surface area contributed by atoms with Crippen LogP contribution in [0.3, 0.4) is 0 Å². The van der Waals surface area contributed by atoms with Crippen molar-refractivity contribution < 1.29 is 0 Å². The normalized spacial score (nSPS) is 11.5. The number of hydrogen-bond acceptors (Lipinski definition) is 3. The lowest BCUT2D eigenvalue weighted by molar-refractivity contribution is 0.766. The van der Waals surface area contributed by atoms with Crippen molar-refractivity contribution >= 4 is 32.8 Å². The van der Waals surface area contributed by atoms with Crippen molar-refractivity contribution in [2.24, 2.45) is 0 Å². The van der Waals surface area contributed by atoms with Crippen molar-refractivity contribution in [2.75, 3.05) is 0 Å². The van der Waals surface area contributed by atoms with Crippen LogP contribution in [0, 0.1) is 0 Å². The molecule has 2 aromatic heterocycles. The predicted octanol–water partition coefficient (Wildman–Crippen LogP) is 4.88. The Labute approximate surface area is 171 Å². The van der Waals surface area contributed by atoms with Crippen LogP contribution in [0.1, 0.15) is 0 Å². The Balaban J connectivity index is 1.65. The van der Waals surface area contributed by atoms with Gasteiger partial charge < -0.3 is 4.57 Å². The smallest absolute Gasteiger partial charge is 0.197 e. The predicted molar refractivity (Wildman–Crippen MR) is 119 cm³/mol. The van der Waals surface area contributed by atoms with Gasteiger partial charge in [0.05, 0.1) is 16.7 Å². The van der Waals surface area contributed by atoms with E-state index in [1.165, 1.54) is 0 Å². The zero-order valence-corrected chi connectivity index (χ0v) is 15.9. The molecule has 5 heteroatoms. The summed E-state index contributed by atoms with van der Waals surface area (Å²) in [4.78, 5) is 14.7. The molecule has 4 aromatic carbocycles. The molecule has 0 amide bonds. The summed E-state index contributed by atoms with van der Waals surface area (Å²) in [5.74, 6) is 0. The van der Waals surface area contributed by atoms with Gasteiger partial charge in [0.25, 0.3) is 0 Å². The summed E-state index contributed by atoms with van der Waals surface area (Å²) in [6.45, 7) is 0. The second-order valence-corrected chi connectivity index (χ2v) is 7.20. The van der Waals surface area contributed by atoms with Crippen molar-refractivity contribution in [1.82, 2.24) is 19.6 Å². The standard InChI is InChI=1S/C25H16N4O/c30-25-19-10-4-6-12-23(19)28(24-13-7-5-11-20(24)25)18-14-15-21-22(16-18)27-29(26-21)17-8-2-1-3-9-17/h1-16H. The molecule has 2 heterocycles. The third kappa shape index (κ3) is 2.46. The molecule has 0 spiro atoms. The number of pyridine rings is 1. The molecule has 0 aliphatic rings. The molecule has 6 aromatic rings. The Morgan fingerprint density at radius 2 is 1.17 bits per heavy atom. The highest BCUT2D eigenvalue weighted by Gasteiger charge is 2.13. The highest BCUT2D eigenvalue weighted by molar-refractivity contribution is 5.95. The van der Waals surface area contributed by atoms with E-state index in [0.29, 0.717) is 10.8 Å². The number of benzene rings is 4. The molecule has 142 valence electrons. The molecule has 0 unspecified atom stereocenters. The highest BCUT2D eigenvalue weighted by Crippen LogP contribution is 2.25. The summed E-state index contributed by atoms with van der Waals surface area (Å²) >= 11 is 0. The second-order valence-electron chi connectivity index (χ2n) is 7.20. The van der Waals surface area contributed by atoms with E-state index in [1.54, 1.807) is 4.80 Å². The van der Waals surface area contributed by atoms with E-state index in [2.05, 4.69) is 14.8 Å². The maximum absolute atomic E-state index is 13.0. The molecule has 0 bridgehead atoms. The van der Waals surface area contributed by atoms with Crippen LogP contribution in [0.4, 0.5) is 0 Å². The molecule has 0 aliphatic heterocycles. The SMILES string of the molecule is O=c1c2ccccc2n(-c2ccc3nn(-c4ccccc4)nc3c2)c2ccccc12. The molecule has 0 N–H and O–H groups in total. The van der Waals surface area contributed by atoms with E-state index in [0.717, 1.165) is 33.4 Å². The highest BCUT2D eigenvalue weighted by atomic mass is 16.1. The van der Waals surface area contributed by atoms with E-state index in [-0.39, 0.29) is 5.43 Å². The van der Waals surface area contributed by atoms with Crippen LogP contribution in [0.2, 0.25) is 0 Å². The fourth-order valence-corrected chi connectivity index (χ4v) is 3.99. The maximum Gasteiger partial charge on any atom is 0.197 e. The average molecular weight is 388 g/mol. The molecule has 5 nitrogen and oxygen atoms in total. The monoisotopic (exact) mass is 388 g/mol. The molecule has 0 saturated heterocycles. The number of aromatic nitrogens is 4. The van der Waals surface area contributed by atoms with E-state index in [4.69, 9.17) is 0 Å². The molecular weight excluding hydrogens is 372 g/mol. The van der Waals surface area contributed by atoms with Gasteiger partial charge in [0, 0.05) is 16.5 Å². The first-order valence-electron chi connectivity index (χ1n) is 9.75. The van der Waals surface area contributed by atoms with Crippen molar-refractivity contribution in [3.63, 3.8) is 0 Å². The Morgan fingerprint density at radius 3 is 1.87 bits per heavy atom. The van der Waals surface area contributed by atoms with Crippen LogP contribution in [-0.4, -0.2) is 19.6 Å². The summed E-state index contributed by atoms with van der Waals surface area (Å²) in [5.41, 5.74) is 5.26. The minimum absolute atomic E-state index is 0.0496. The van der Waals surface area contributed by atoms with Gasteiger partial charge >= 0.3 is 0 Å². The molecule has 0 saturated carbocycles. The largest absolute Gasteiger partial charge is 0.309 e. The maximum atomic E-state index is 13.0. The zero-order chi connectivity index (χ0) is 20.1. The topological polar surface area (TPSA) is 52.7 Å². The van der Waals surface area contributed by atoms with Gasteiger partial charge in [-0.2, -0.15) is 4.80 Å². The minimum atomic E-state index is 0.0496. The van der Waals surface area contributed by atoms with Gasteiger partial charge in [0.15, 0.2) is 5.43 Å². The van der Waals surface area contributed by atoms with Gasteiger partial charge in [0.2, 0.25) is 0 Å². The van der Waals surface area contributed by atoms with Gasteiger partial charge in [-0.05, 0) is 54.6 Å². The lowest BCUT2D eigenvalue weighted by Gasteiger charge is -2.15. The van der Waals surface area contributed by atoms with Crippen LogP contribution in [-0.2, 0) is 0 Å². The summed E-state index contributed by atoms with van der Waals surface area (Å²) in [5, 5.41) is 10.7. The first-order chi connectivity index (χ1) is 14.8. The minimum Gasteiger partial charge on any atom is -0.309 e. The summed E-state index contributed by atoms with van der Waals surface area (Å²) in [7, 11) is 0. The first-order valence-corrected chi connectivity index (χ1v) is 9.75. The van der Waals surface area contributed by atoms with Crippen LogP contribution in [0.15, 0.2) is 102 Å². The Hall–Kier alpha value is -4.25. The number of fused-ring (bicyclic) bond motifs is 3. The average Bonchev–Trinajstić information content (AvgIpc) is 3.24. The number of para-hydroxylation sites is 3. The van der Waals surface area contributed by atoms with Crippen molar-refractivity contribution in [3.05, 3.63) is 107 Å². The Kier molecular flexibility index (Phi) is 3.55. The Bertz CT molecular complexity index is 1550. The summed E-state index contributed by atoms with van der Waals surface area (Å²) in [6.07, 6.45) is 0. The number of nitrogens with zero attached hydrogens (tertiary/aromatic N) is 4. The van der Waals surface area contributed by atoms with Crippen LogP contribution in [0.25, 0.3) is 44.2 Å². The number of rotatable bonds is 2. The van der Waals surface area contributed by atoms with E-state index in [1.807, 2.05) is 97.1 Å². The van der Waals surface area contributed by atoms with Gasteiger partial charge in [-0.15, -0.1) is 10.2 Å². The second kappa shape index (κ2) is 6.39. The third-order valence-corrected chi connectivity index (χ3v) is 5.39. The van der Waals surface area contributed by atoms with Gasteiger partial charge in [-0.3, -0.25) is 4.79 Å². The fraction of sp³-hybridized carbons (Fsp3) is 0. The molecule has 0 aliphatic carbocycles. The zero-order valence-electron chi connectivity index (χ0n) is 15.9. The molecule has 6 rings (SSSR count). The molecule has 0 radical (unpaired) electrons. The van der Waals surface area contributed by atoms with E-state index < -0.39 is 0 Å². The van der Waals surface area contributed by atoms with Gasteiger partial charge in [0.1, 0.15) is 11.0 Å². The molecule has 0 atom stereocenters. The van der Waals surface area contributed by atoms with Crippen LogP contribution < -0.4 is 5.43 Å². The first kappa shape index (κ1) is 16.7. The van der Waals surface area contributed by atoms with E-state index in [9.17, 15) is 4.79 Å². The van der Waals surface area contributed by atoms with Crippen molar-refractivity contribution in [2.45, 2.75) is 0 Å². The molecule has 30 heavy (non-hydrogen) atoms. The number of hydrogen-bond donors (Lipinski definition) is 0. The lowest BCUT2D eigenvalue weighted by Crippen LogP contribution is -2.10. The lowest BCUT2D eigenvalue weighted by atomic mass is 10.1. The fourth-order valence-electron chi connectivity index (χ4n) is 3.99. The Morgan fingerprint density at radius 1 is 0.567 bits per heavy atom. The molecular formula is C25H16N4O. The van der Waals surface area contributed by atoms with Crippen molar-refractivity contribution in [1.29, 1.82) is 0 Å². The van der Waals surface area contributed by atoms with Gasteiger partial charge in [-0.1, -0.05) is 42.5 Å². The van der Waals surface area contributed by atoms with Crippen LogP contribution in [0.5, 0.6) is 0 Å². The summed E-state index contributed by atoms with van der Waals surface area (Å²) < 4.78 is 2.12. The van der Waals surface area contributed by atoms with Crippen molar-refractivity contribution in [3.8, 4) is 11.4 Å². The third-order valence-electron chi connectivity index (χ3n) is 5.39. The summed E-state index contributed by atoms with van der Waals surface area (Å²) in [6, 6.07) is 31.3. The van der Waals surface area contributed by atoms with Crippen LogP contribution >= 0.6 is 0 Å². The van der Waals surface area contributed by atoms with Gasteiger partial charge in [-0.25, -0.2) is 0 Å². The molecule has 0 fully saturated rings.